The molecule has 1 heterocycles. The summed E-state index contributed by atoms with van der Waals surface area (Å²) in [5.41, 5.74) is 4.97. The summed E-state index contributed by atoms with van der Waals surface area (Å²) in [7, 11) is 0. The van der Waals surface area contributed by atoms with Gasteiger partial charge in [0.05, 0.1) is 17.0 Å². The lowest BCUT2D eigenvalue weighted by Gasteiger charge is -2.24. The molecule has 0 radical (unpaired) electrons. The van der Waals surface area contributed by atoms with Crippen LogP contribution in [0.5, 0.6) is 0 Å². The molecule has 0 amide bonds. The van der Waals surface area contributed by atoms with Gasteiger partial charge in [-0.1, -0.05) is 0 Å². The van der Waals surface area contributed by atoms with E-state index in [4.69, 9.17) is 10.5 Å². The van der Waals surface area contributed by atoms with E-state index in [1.807, 2.05) is 12.3 Å². The van der Waals surface area contributed by atoms with Gasteiger partial charge in [-0.3, -0.25) is 4.79 Å². The van der Waals surface area contributed by atoms with E-state index in [1.165, 1.54) is 11.3 Å². The van der Waals surface area contributed by atoms with Gasteiger partial charge in [0.15, 0.2) is 0 Å². The first-order valence-corrected chi connectivity index (χ1v) is 5.76. The van der Waals surface area contributed by atoms with Crippen molar-refractivity contribution in [1.29, 1.82) is 0 Å². The average molecular weight is 228 g/mol. The Hall–Kier alpha value is -0.940. The molecule has 1 atom stereocenters. The Balaban J connectivity index is 2.72. The van der Waals surface area contributed by atoms with Crippen molar-refractivity contribution in [2.24, 2.45) is 11.1 Å². The number of ether oxygens (including phenoxy) is 1. The first-order valence-electron chi connectivity index (χ1n) is 4.88. The molecule has 0 aliphatic heterocycles. The highest BCUT2D eigenvalue weighted by molar-refractivity contribution is 7.09. The minimum atomic E-state index is -0.659. The third-order valence-corrected chi connectivity index (χ3v) is 3.02. The normalized spacial score (nSPS) is 14.6. The fraction of sp³-hybridized carbons (Fsp3) is 0.600. The molecule has 4 nitrogen and oxygen atoms in total. The van der Waals surface area contributed by atoms with Gasteiger partial charge in [0.2, 0.25) is 0 Å². The number of carbonyl (C=O) groups excluding carboxylic acids is 1. The molecule has 0 fully saturated rings. The summed E-state index contributed by atoms with van der Waals surface area (Å²) in [5.74, 6) is -0.247. The minimum absolute atomic E-state index is 0.247. The molecular formula is C10H16N2O2S. The number of carbonyl (C=O) groups is 1. The predicted octanol–water partition coefficient (Wildman–Crippen LogP) is 1.21. The molecule has 0 bridgehead atoms. The standard InChI is InChI=1S/C10H16N2O2S/c1-3-14-9(13)10(2,7-11)6-8-12-4-5-15-8/h4-5H,3,6-7,11H2,1-2H3. The van der Waals surface area contributed by atoms with Crippen LogP contribution in [0.4, 0.5) is 0 Å². The maximum Gasteiger partial charge on any atom is 0.313 e. The molecule has 2 N–H and O–H groups in total. The quantitative estimate of drug-likeness (QED) is 0.769. The van der Waals surface area contributed by atoms with Crippen LogP contribution in [-0.4, -0.2) is 24.1 Å². The lowest BCUT2D eigenvalue weighted by Crippen LogP contribution is -2.39. The number of hydrogen-bond donors (Lipinski definition) is 1. The Morgan fingerprint density at radius 2 is 2.47 bits per heavy atom. The molecule has 1 aromatic rings. The number of aromatic nitrogens is 1. The van der Waals surface area contributed by atoms with E-state index in [1.54, 1.807) is 13.1 Å². The fourth-order valence-corrected chi connectivity index (χ4v) is 2.01. The summed E-state index contributed by atoms with van der Waals surface area (Å²) >= 11 is 1.53. The van der Waals surface area contributed by atoms with Crippen LogP contribution in [-0.2, 0) is 16.0 Å². The molecule has 0 aliphatic rings. The summed E-state index contributed by atoms with van der Waals surface area (Å²) < 4.78 is 5.00. The number of hydrogen-bond acceptors (Lipinski definition) is 5. The van der Waals surface area contributed by atoms with Gasteiger partial charge in [0, 0.05) is 24.5 Å². The van der Waals surface area contributed by atoms with E-state index in [0.29, 0.717) is 13.0 Å². The second-order valence-corrected chi connectivity index (χ2v) is 4.57. The van der Waals surface area contributed by atoms with Gasteiger partial charge >= 0.3 is 5.97 Å². The molecule has 84 valence electrons. The maximum atomic E-state index is 11.7. The lowest BCUT2D eigenvalue weighted by atomic mass is 9.87. The van der Waals surface area contributed by atoms with E-state index in [2.05, 4.69) is 4.98 Å². The van der Waals surface area contributed by atoms with Crippen LogP contribution in [0.3, 0.4) is 0 Å². The summed E-state index contributed by atoms with van der Waals surface area (Å²) in [6.07, 6.45) is 2.27. The summed E-state index contributed by atoms with van der Waals surface area (Å²) in [6.45, 7) is 4.25. The molecular weight excluding hydrogens is 212 g/mol. The van der Waals surface area contributed by atoms with Crippen LogP contribution in [0, 0.1) is 5.41 Å². The van der Waals surface area contributed by atoms with Crippen LogP contribution in [0.15, 0.2) is 11.6 Å². The first-order chi connectivity index (χ1) is 7.12. The van der Waals surface area contributed by atoms with Gasteiger partial charge < -0.3 is 10.5 Å². The Bertz CT molecular complexity index is 313. The van der Waals surface area contributed by atoms with Crippen LogP contribution < -0.4 is 5.73 Å². The zero-order chi connectivity index (χ0) is 11.3. The van der Waals surface area contributed by atoms with E-state index < -0.39 is 5.41 Å². The summed E-state index contributed by atoms with van der Waals surface area (Å²) in [5, 5.41) is 2.80. The highest BCUT2D eigenvalue weighted by Crippen LogP contribution is 2.24. The molecule has 5 heteroatoms. The second-order valence-electron chi connectivity index (χ2n) is 3.59. The zero-order valence-electron chi connectivity index (χ0n) is 9.03. The van der Waals surface area contributed by atoms with E-state index in [-0.39, 0.29) is 12.5 Å². The van der Waals surface area contributed by atoms with Crippen molar-refractivity contribution in [3.63, 3.8) is 0 Å². The highest BCUT2D eigenvalue weighted by Gasteiger charge is 2.34. The zero-order valence-corrected chi connectivity index (χ0v) is 9.84. The van der Waals surface area contributed by atoms with E-state index in [9.17, 15) is 4.79 Å². The SMILES string of the molecule is CCOC(=O)C(C)(CN)Cc1nccs1. The minimum Gasteiger partial charge on any atom is -0.466 e. The molecule has 0 aliphatic carbocycles. The van der Waals surface area contributed by atoms with Crippen molar-refractivity contribution < 1.29 is 9.53 Å². The molecule has 0 spiro atoms. The fourth-order valence-electron chi connectivity index (χ4n) is 1.21. The Morgan fingerprint density at radius 3 is 2.93 bits per heavy atom. The van der Waals surface area contributed by atoms with Gasteiger partial charge in [0.25, 0.3) is 0 Å². The lowest BCUT2D eigenvalue weighted by molar-refractivity contribution is -0.153. The molecule has 15 heavy (non-hydrogen) atoms. The van der Waals surface area contributed by atoms with Crippen LogP contribution in [0.1, 0.15) is 18.9 Å². The van der Waals surface area contributed by atoms with Gasteiger partial charge in [-0.15, -0.1) is 11.3 Å². The van der Waals surface area contributed by atoms with Crippen molar-refractivity contribution in [2.75, 3.05) is 13.2 Å². The number of thiazole rings is 1. The summed E-state index contributed by atoms with van der Waals surface area (Å²) in [4.78, 5) is 15.8. The van der Waals surface area contributed by atoms with E-state index >= 15 is 0 Å². The van der Waals surface area contributed by atoms with Crippen LogP contribution in [0.2, 0.25) is 0 Å². The van der Waals surface area contributed by atoms with Gasteiger partial charge in [-0.2, -0.15) is 0 Å². The molecule has 0 saturated carbocycles. The molecule has 1 unspecified atom stereocenters. The molecule has 0 saturated heterocycles. The average Bonchev–Trinajstić information content (AvgIpc) is 2.70. The summed E-state index contributed by atoms with van der Waals surface area (Å²) in [6, 6.07) is 0. The predicted molar refractivity (Wildman–Crippen MR) is 59.6 cm³/mol. The van der Waals surface area contributed by atoms with Crippen molar-refractivity contribution in [1.82, 2.24) is 4.98 Å². The monoisotopic (exact) mass is 228 g/mol. The molecule has 1 rings (SSSR count). The number of nitrogens with zero attached hydrogens (tertiary/aromatic N) is 1. The number of esters is 1. The molecule has 1 aromatic heterocycles. The van der Waals surface area contributed by atoms with Gasteiger partial charge in [-0.05, 0) is 13.8 Å². The number of nitrogens with two attached hydrogens (primary N) is 1. The highest BCUT2D eigenvalue weighted by atomic mass is 32.1. The largest absolute Gasteiger partial charge is 0.466 e. The number of rotatable bonds is 5. The van der Waals surface area contributed by atoms with Crippen LogP contribution in [0.25, 0.3) is 0 Å². The van der Waals surface area contributed by atoms with Crippen LogP contribution >= 0.6 is 11.3 Å². The van der Waals surface area contributed by atoms with Crippen molar-refractivity contribution in [3.8, 4) is 0 Å². The van der Waals surface area contributed by atoms with E-state index in [0.717, 1.165) is 5.01 Å². The molecule has 0 aromatic carbocycles. The smallest absolute Gasteiger partial charge is 0.313 e. The third kappa shape index (κ3) is 3.00. The Labute approximate surface area is 93.5 Å². The Kier molecular flexibility index (Phi) is 4.23. The maximum absolute atomic E-state index is 11.7. The topological polar surface area (TPSA) is 65.2 Å². The van der Waals surface area contributed by atoms with Gasteiger partial charge in [-0.25, -0.2) is 4.98 Å². The second kappa shape index (κ2) is 5.23. The Morgan fingerprint density at radius 1 is 1.73 bits per heavy atom. The van der Waals surface area contributed by atoms with Gasteiger partial charge in [0.1, 0.15) is 0 Å². The first kappa shape index (κ1) is 12.1. The van der Waals surface area contributed by atoms with Crippen molar-refractivity contribution >= 4 is 17.3 Å². The third-order valence-electron chi connectivity index (χ3n) is 2.24. The van der Waals surface area contributed by atoms with Crippen molar-refractivity contribution in [3.05, 3.63) is 16.6 Å². The van der Waals surface area contributed by atoms with Crippen molar-refractivity contribution in [2.45, 2.75) is 20.3 Å².